The van der Waals surface area contributed by atoms with E-state index in [1.807, 2.05) is 0 Å². The number of hydrogen-bond acceptors (Lipinski definition) is 3. The second-order valence-corrected chi connectivity index (χ2v) is 8.02. The van der Waals surface area contributed by atoms with Gasteiger partial charge in [0.1, 0.15) is 5.01 Å². The van der Waals surface area contributed by atoms with Gasteiger partial charge in [0.25, 0.3) is 0 Å². The molecule has 3 nitrogen and oxygen atoms in total. The van der Waals surface area contributed by atoms with Gasteiger partial charge in [-0.05, 0) is 6.92 Å². The predicted octanol–water partition coefficient (Wildman–Crippen LogP) is 2.38. The van der Waals surface area contributed by atoms with Crippen LogP contribution in [0.25, 0.3) is 10.6 Å². The molecule has 4 heteroatoms. The normalized spacial score (nSPS) is 12.1. The maximum absolute atomic E-state index is 4.74. The molecule has 0 amide bonds. The number of nitrogens with one attached hydrogen (secondary N) is 2. The van der Waals surface area contributed by atoms with Crippen LogP contribution in [0.3, 0.4) is 0 Å². The molecule has 22 heavy (non-hydrogen) atoms. The minimum atomic E-state index is 0.300. The van der Waals surface area contributed by atoms with Gasteiger partial charge in [-0.15, -0.1) is 11.3 Å². The van der Waals surface area contributed by atoms with Crippen molar-refractivity contribution in [1.29, 1.82) is 0 Å². The van der Waals surface area contributed by atoms with Crippen molar-refractivity contribution >= 4 is 11.3 Å². The van der Waals surface area contributed by atoms with Gasteiger partial charge < -0.3 is 10.2 Å². The summed E-state index contributed by atoms with van der Waals surface area (Å²) in [7, 11) is 4.41. The zero-order valence-corrected chi connectivity index (χ0v) is 15.2. The van der Waals surface area contributed by atoms with Crippen LogP contribution in [0.4, 0.5) is 0 Å². The molecule has 2 rings (SSSR count). The number of thiazole rings is 1. The summed E-state index contributed by atoms with van der Waals surface area (Å²) >= 11 is 1.72. The SMILES string of the molecule is Cc1ccc(-c2nc(CNCC(C)(C)C[NH+](C)C)cs2)cc1. The van der Waals surface area contributed by atoms with Crippen molar-refractivity contribution in [2.24, 2.45) is 5.41 Å². The van der Waals surface area contributed by atoms with Crippen LogP contribution in [0.1, 0.15) is 25.1 Å². The first kappa shape index (κ1) is 17.1. The number of rotatable bonds is 7. The highest BCUT2D eigenvalue weighted by Crippen LogP contribution is 2.24. The average Bonchev–Trinajstić information content (AvgIpc) is 2.86. The number of aromatic nitrogens is 1. The van der Waals surface area contributed by atoms with Crippen LogP contribution < -0.4 is 10.2 Å². The molecule has 1 aromatic heterocycles. The van der Waals surface area contributed by atoms with Crippen LogP contribution in [-0.4, -0.2) is 32.2 Å². The zero-order valence-electron chi connectivity index (χ0n) is 14.4. The summed E-state index contributed by atoms with van der Waals surface area (Å²) in [5.41, 5.74) is 3.92. The van der Waals surface area contributed by atoms with Gasteiger partial charge in [0.05, 0.1) is 26.3 Å². The Bertz CT molecular complexity index is 585. The molecule has 0 spiro atoms. The average molecular weight is 319 g/mol. The number of hydrogen-bond donors (Lipinski definition) is 2. The maximum atomic E-state index is 4.74. The standard InChI is InChI=1S/C18H27N3S/c1-14-6-8-15(9-7-14)17-20-16(11-22-17)10-19-12-18(2,3)13-21(4)5/h6-9,11,19H,10,12-13H2,1-5H3/p+1. The molecule has 0 radical (unpaired) electrons. The molecule has 0 unspecified atom stereocenters. The van der Waals surface area contributed by atoms with E-state index < -0.39 is 0 Å². The summed E-state index contributed by atoms with van der Waals surface area (Å²) in [5.74, 6) is 0. The number of aryl methyl sites for hydroxylation is 1. The molecule has 0 bridgehead atoms. The number of quaternary nitrogens is 1. The van der Waals surface area contributed by atoms with Gasteiger partial charge in [0, 0.05) is 29.4 Å². The predicted molar refractivity (Wildman–Crippen MR) is 95.5 cm³/mol. The van der Waals surface area contributed by atoms with E-state index in [9.17, 15) is 0 Å². The summed E-state index contributed by atoms with van der Waals surface area (Å²) in [6.07, 6.45) is 0. The number of nitrogens with zero attached hydrogens (tertiary/aromatic N) is 1. The Morgan fingerprint density at radius 1 is 1.18 bits per heavy atom. The molecule has 1 heterocycles. The lowest BCUT2D eigenvalue weighted by Gasteiger charge is -2.26. The third-order valence-electron chi connectivity index (χ3n) is 3.59. The fraction of sp³-hybridized carbons (Fsp3) is 0.500. The molecule has 0 saturated carbocycles. The van der Waals surface area contributed by atoms with Crippen LogP contribution in [0, 0.1) is 12.3 Å². The maximum Gasteiger partial charge on any atom is 0.123 e. The van der Waals surface area contributed by atoms with Crippen LogP contribution in [0.2, 0.25) is 0 Å². The summed E-state index contributed by atoms with van der Waals surface area (Å²) < 4.78 is 0. The van der Waals surface area contributed by atoms with E-state index in [4.69, 9.17) is 4.98 Å². The Balaban J connectivity index is 1.89. The summed E-state index contributed by atoms with van der Waals surface area (Å²) in [4.78, 5) is 6.23. The highest BCUT2D eigenvalue weighted by molar-refractivity contribution is 7.13. The second-order valence-electron chi connectivity index (χ2n) is 7.16. The molecule has 1 aromatic carbocycles. The Labute approximate surface area is 138 Å². The Morgan fingerprint density at radius 2 is 1.86 bits per heavy atom. The molecule has 2 N–H and O–H groups in total. The van der Waals surface area contributed by atoms with E-state index in [0.717, 1.165) is 30.3 Å². The summed E-state index contributed by atoms with van der Waals surface area (Å²) in [5, 5.41) is 6.82. The van der Waals surface area contributed by atoms with Crippen molar-refractivity contribution in [3.8, 4) is 10.6 Å². The van der Waals surface area contributed by atoms with Crippen molar-refractivity contribution < 1.29 is 4.90 Å². The van der Waals surface area contributed by atoms with E-state index >= 15 is 0 Å². The first-order valence-corrected chi connectivity index (χ1v) is 8.75. The lowest BCUT2D eigenvalue weighted by Crippen LogP contribution is -3.07. The zero-order chi connectivity index (χ0) is 16.2. The van der Waals surface area contributed by atoms with Crippen molar-refractivity contribution in [3.05, 3.63) is 40.9 Å². The van der Waals surface area contributed by atoms with Crippen molar-refractivity contribution in [3.63, 3.8) is 0 Å². The van der Waals surface area contributed by atoms with E-state index in [1.165, 1.54) is 16.0 Å². The minimum absolute atomic E-state index is 0.300. The van der Waals surface area contributed by atoms with Gasteiger partial charge in [-0.25, -0.2) is 4.98 Å². The minimum Gasteiger partial charge on any atom is -0.339 e. The smallest absolute Gasteiger partial charge is 0.123 e. The topological polar surface area (TPSA) is 29.4 Å². The van der Waals surface area contributed by atoms with Gasteiger partial charge in [-0.1, -0.05) is 43.7 Å². The van der Waals surface area contributed by atoms with Gasteiger partial charge in [-0.2, -0.15) is 0 Å². The molecule has 0 saturated heterocycles. The van der Waals surface area contributed by atoms with E-state index in [0.29, 0.717) is 5.41 Å². The lowest BCUT2D eigenvalue weighted by molar-refractivity contribution is -0.865. The van der Waals surface area contributed by atoms with E-state index in [-0.39, 0.29) is 0 Å². The fourth-order valence-corrected chi connectivity index (χ4v) is 3.59. The third-order valence-corrected chi connectivity index (χ3v) is 4.53. The largest absolute Gasteiger partial charge is 0.339 e. The molecule has 2 aromatic rings. The molecule has 0 fully saturated rings. The van der Waals surface area contributed by atoms with Crippen molar-refractivity contribution in [2.45, 2.75) is 27.3 Å². The van der Waals surface area contributed by atoms with Gasteiger partial charge >= 0.3 is 0 Å². The van der Waals surface area contributed by atoms with Crippen LogP contribution >= 0.6 is 11.3 Å². The quantitative estimate of drug-likeness (QED) is 0.821. The Kier molecular flexibility index (Phi) is 5.73. The molecular weight excluding hydrogens is 290 g/mol. The van der Waals surface area contributed by atoms with Crippen LogP contribution in [0.15, 0.2) is 29.6 Å². The van der Waals surface area contributed by atoms with E-state index in [1.54, 1.807) is 11.3 Å². The first-order valence-electron chi connectivity index (χ1n) is 7.87. The first-order chi connectivity index (χ1) is 10.4. The van der Waals surface area contributed by atoms with Crippen LogP contribution in [0.5, 0.6) is 0 Å². The van der Waals surface area contributed by atoms with Gasteiger partial charge in [0.2, 0.25) is 0 Å². The van der Waals surface area contributed by atoms with Gasteiger partial charge in [0.15, 0.2) is 0 Å². The molecular formula is C18H28N3S+. The molecule has 0 atom stereocenters. The van der Waals surface area contributed by atoms with E-state index in [2.05, 4.69) is 69.8 Å². The summed E-state index contributed by atoms with van der Waals surface area (Å²) in [6.45, 7) is 9.74. The monoisotopic (exact) mass is 318 g/mol. The Morgan fingerprint density at radius 3 is 2.50 bits per heavy atom. The van der Waals surface area contributed by atoms with Crippen LogP contribution in [-0.2, 0) is 6.54 Å². The number of benzene rings is 1. The molecule has 0 aliphatic heterocycles. The lowest BCUT2D eigenvalue weighted by atomic mass is 9.93. The summed E-state index contributed by atoms with van der Waals surface area (Å²) in [6, 6.07) is 8.57. The highest BCUT2D eigenvalue weighted by atomic mass is 32.1. The second kappa shape index (κ2) is 7.36. The molecule has 0 aliphatic rings. The third kappa shape index (κ3) is 5.20. The highest BCUT2D eigenvalue weighted by Gasteiger charge is 2.21. The Hall–Kier alpha value is -1.23. The molecule has 0 aliphatic carbocycles. The fourth-order valence-electron chi connectivity index (χ4n) is 2.77. The molecule has 120 valence electrons. The van der Waals surface area contributed by atoms with Gasteiger partial charge in [-0.3, -0.25) is 0 Å². The van der Waals surface area contributed by atoms with Crippen molar-refractivity contribution in [2.75, 3.05) is 27.2 Å². The van der Waals surface area contributed by atoms with Crippen molar-refractivity contribution in [1.82, 2.24) is 10.3 Å².